The largest absolute Gasteiger partial charge is 0.337 e. The van der Waals surface area contributed by atoms with Crippen LogP contribution in [-0.4, -0.2) is 67.1 Å². The number of hydrogen-bond acceptors (Lipinski definition) is 3. The van der Waals surface area contributed by atoms with E-state index in [4.69, 9.17) is 0 Å². The van der Waals surface area contributed by atoms with E-state index in [2.05, 4.69) is 18.5 Å². The van der Waals surface area contributed by atoms with Crippen molar-refractivity contribution in [3.63, 3.8) is 0 Å². The Morgan fingerprint density at radius 1 is 1.45 bits per heavy atom. The summed E-state index contributed by atoms with van der Waals surface area (Å²) in [6.45, 7) is 8.62. The molecule has 0 bridgehead atoms. The monoisotopic (exact) mass is 283 g/mol. The molecule has 1 rings (SSSR count). The first-order valence-corrected chi connectivity index (χ1v) is 6.71. The third-order valence-electron chi connectivity index (χ3n) is 3.17. The van der Waals surface area contributed by atoms with Crippen LogP contribution in [0.4, 0.5) is 4.39 Å². The van der Waals surface area contributed by atoms with Gasteiger partial charge in [-0.15, -0.1) is 13.2 Å². The highest BCUT2D eigenvalue weighted by Crippen LogP contribution is 2.07. The number of nitrogens with one attached hydrogen (secondary N) is 1. The van der Waals surface area contributed by atoms with Crippen LogP contribution in [0.25, 0.3) is 0 Å². The lowest BCUT2D eigenvalue weighted by molar-refractivity contribution is -0.140. The van der Waals surface area contributed by atoms with E-state index in [0.717, 1.165) is 0 Å². The van der Waals surface area contributed by atoms with Gasteiger partial charge in [0.1, 0.15) is 6.67 Å². The van der Waals surface area contributed by atoms with Crippen LogP contribution in [0.3, 0.4) is 0 Å². The van der Waals surface area contributed by atoms with Crippen molar-refractivity contribution in [2.24, 2.45) is 0 Å². The predicted molar refractivity (Wildman–Crippen MR) is 75.9 cm³/mol. The molecule has 0 aromatic heterocycles. The Bertz CT molecular complexity index is 361. The third kappa shape index (κ3) is 4.45. The maximum atomic E-state index is 12.4. The molecule has 1 fully saturated rings. The molecule has 1 aliphatic heterocycles. The maximum absolute atomic E-state index is 12.4. The molecule has 20 heavy (non-hydrogen) atoms. The van der Waals surface area contributed by atoms with Gasteiger partial charge in [-0.2, -0.15) is 0 Å². The number of piperazine rings is 1. The second-order valence-corrected chi connectivity index (χ2v) is 4.60. The molecule has 5 nitrogen and oxygen atoms in total. The molecular weight excluding hydrogens is 261 g/mol. The first kappa shape index (κ1) is 16.4. The fourth-order valence-corrected chi connectivity index (χ4v) is 2.17. The molecule has 6 heteroatoms. The lowest BCUT2D eigenvalue weighted by Gasteiger charge is -2.33. The lowest BCUT2D eigenvalue weighted by Crippen LogP contribution is -2.56. The summed E-state index contributed by atoms with van der Waals surface area (Å²) in [5, 5.41) is 3.01. The minimum atomic E-state index is -0.570. The Morgan fingerprint density at radius 3 is 2.65 bits per heavy atom. The van der Waals surface area contributed by atoms with Gasteiger partial charge in [-0.3, -0.25) is 9.59 Å². The molecular formula is C14H22FN3O2. The summed E-state index contributed by atoms with van der Waals surface area (Å²) in [7, 11) is 0. The van der Waals surface area contributed by atoms with Crippen molar-refractivity contribution in [3.8, 4) is 0 Å². The third-order valence-corrected chi connectivity index (χ3v) is 3.17. The Hall–Kier alpha value is -1.69. The van der Waals surface area contributed by atoms with E-state index in [1.807, 2.05) is 0 Å². The van der Waals surface area contributed by atoms with Gasteiger partial charge in [0.25, 0.3) is 0 Å². The summed E-state index contributed by atoms with van der Waals surface area (Å²) in [6, 6.07) is -0.570. The van der Waals surface area contributed by atoms with Gasteiger partial charge in [0.05, 0.1) is 12.5 Å². The number of carbonyl (C=O) groups excluding carboxylic acids is 2. The van der Waals surface area contributed by atoms with Gasteiger partial charge in [0.2, 0.25) is 11.8 Å². The van der Waals surface area contributed by atoms with E-state index in [0.29, 0.717) is 26.2 Å². The molecule has 0 aromatic carbocycles. The van der Waals surface area contributed by atoms with Gasteiger partial charge >= 0.3 is 0 Å². The van der Waals surface area contributed by atoms with Crippen LogP contribution >= 0.6 is 0 Å². The van der Waals surface area contributed by atoms with Crippen molar-refractivity contribution < 1.29 is 14.0 Å². The zero-order valence-corrected chi connectivity index (χ0v) is 11.7. The Kier molecular flexibility index (Phi) is 6.93. The van der Waals surface area contributed by atoms with Crippen LogP contribution in [-0.2, 0) is 9.59 Å². The Balaban J connectivity index is 2.60. The summed E-state index contributed by atoms with van der Waals surface area (Å²) in [5.74, 6) is -0.350. The van der Waals surface area contributed by atoms with Crippen LogP contribution in [0, 0.1) is 0 Å². The van der Waals surface area contributed by atoms with E-state index in [9.17, 15) is 14.0 Å². The molecule has 1 unspecified atom stereocenters. The quantitative estimate of drug-likeness (QED) is 0.654. The molecule has 2 amide bonds. The molecule has 0 spiro atoms. The molecule has 1 heterocycles. The molecule has 1 N–H and O–H groups in total. The minimum absolute atomic E-state index is 0.0727. The zero-order valence-electron chi connectivity index (χ0n) is 11.7. The normalized spacial score (nSPS) is 18.8. The molecule has 0 aliphatic carbocycles. The van der Waals surface area contributed by atoms with E-state index in [1.54, 1.807) is 17.1 Å². The fourth-order valence-electron chi connectivity index (χ4n) is 2.17. The molecule has 1 saturated heterocycles. The van der Waals surface area contributed by atoms with Crippen LogP contribution in [0.15, 0.2) is 25.3 Å². The summed E-state index contributed by atoms with van der Waals surface area (Å²) >= 11 is 0. The summed E-state index contributed by atoms with van der Waals surface area (Å²) < 4.78 is 12.4. The van der Waals surface area contributed by atoms with Crippen molar-refractivity contribution in [1.29, 1.82) is 0 Å². The number of hydrogen-bond donors (Lipinski definition) is 1. The molecule has 1 aliphatic rings. The van der Waals surface area contributed by atoms with Crippen molar-refractivity contribution in [1.82, 2.24) is 15.1 Å². The highest BCUT2D eigenvalue weighted by atomic mass is 19.1. The van der Waals surface area contributed by atoms with E-state index < -0.39 is 12.7 Å². The van der Waals surface area contributed by atoms with Crippen molar-refractivity contribution in [2.45, 2.75) is 12.5 Å². The molecule has 0 radical (unpaired) electrons. The second-order valence-electron chi connectivity index (χ2n) is 4.60. The first-order valence-electron chi connectivity index (χ1n) is 6.71. The van der Waals surface area contributed by atoms with Gasteiger partial charge in [-0.25, -0.2) is 4.39 Å². The van der Waals surface area contributed by atoms with Crippen LogP contribution in [0.2, 0.25) is 0 Å². The number of nitrogens with zero attached hydrogens (tertiary/aromatic N) is 2. The second kappa shape index (κ2) is 8.47. The topological polar surface area (TPSA) is 52.7 Å². The van der Waals surface area contributed by atoms with E-state index >= 15 is 0 Å². The van der Waals surface area contributed by atoms with E-state index in [1.165, 1.54) is 4.90 Å². The number of rotatable bonds is 8. The summed E-state index contributed by atoms with van der Waals surface area (Å²) in [4.78, 5) is 27.3. The molecule has 0 aromatic rings. The summed E-state index contributed by atoms with van der Waals surface area (Å²) in [6.07, 6.45) is 3.34. The fraction of sp³-hybridized carbons (Fsp3) is 0.571. The predicted octanol–water partition coefficient (Wildman–Crippen LogP) is 0.347. The van der Waals surface area contributed by atoms with Crippen molar-refractivity contribution in [2.75, 3.05) is 39.4 Å². The smallest absolute Gasteiger partial charge is 0.240 e. The van der Waals surface area contributed by atoms with Crippen LogP contribution in [0.5, 0.6) is 0 Å². The van der Waals surface area contributed by atoms with E-state index in [-0.39, 0.29) is 24.8 Å². The van der Waals surface area contributed by atoms with Crippen molar-refractivity contribution >= 4 is 11.8 Å². The number of alkyl halides is 1. The van der Waals surface area contributed by atoms with Gasteiger partial charge in [-0.05, 0) is 0 Å². The van der Waals surface area contributed by atoms with Gasteiger partial charge in [0.15, 0.2) is 0 Å². The average molecular weight is 283 g/mol. The summed E-state index contributed by atoms with van der Waals surface area (Å²) in [5.41, 5.74) is 0. The highest BCUT2D eigenvalue weighted by Gasteiger charge is 2.30. The lowest BCUT2D eigenvalue weighted by atomic mass is 10.1. The van der Waals surface area contributed by atoms with Crippen LogP contribution < -0.4 is 5.32 Å². The number of amides is 2. The van der Waals surface area contributed by atoms with Crippen LogP contribution in [0.1, 0.15) is 6.42 Å². The van der Waals surface area contributed by atoms with Gasteiger partial charge < -0.3 is 15.1 Å². The SMILES string of the molecule is C=CCN(CC=C)C(=O)CC1NCCN(CCF)C1=O. The molecule has 0 saturated carbocycles. The Labute approximate surface area is 119 Å². The van der Waals surface area contributed by atoms with Gasteiger partial charge in [0, 0.05) is 32.7 Å². The molecule has 1 atom stereocenters. The van der Waals surface area contributed by atoms with Gasteiger partial charge in [-0.1, -0.05) is 12.2 Å². The minimum Gasteiger partial charge on any atom is -0.337 e. The average Bonchev–Trinajstić information content (AvgIpc) is 2.43. The standard InChI is InChI=1S/C14H22FN3O2/c1-3-7-17(8-4-2)13(19)11-12-14(20)18(9-5-15)10-6-16-12/h3-4,12,16H,1-2,5-11H2. The zero-order chi connectivity index (χ0) is 15.0. The maximum Gasteiger partial charge on any atom is 0.240 e. The molecule has 112 valence electrons. The Morgan fingerprint density at radius 2 is 2.10 bits per heavy atom. The first-order chi connectivity index (χ1) is 9.63. The van der Waals surface area contributed by atoms with Crippen molar-refractivity contribution in [3.05, 3.63) is 25.3 Å². The number of carbonyl (C=O) groups is 2. The highest BCUT2D eigenvalue weighted by molar-refractivity contribution is 5.89. The number of halogens is 1.